The number of nitrogens with zero attached hydrogens (tertiary/aromatic N) is 1. The number of benzene rings is 2. The summed E-state index contributed by atoms with van der Waals surface area (Å²) in [5.74, 6) is 0.342. The fourth-order valence-corrected chi connectivity index (χ4v) is 3.84. The number of ether oxygens (including phenoxy) is 1. The third-order valence-electron chi connectivity index (χ3n) is 4.23. The maximum Gasteiger partial charge on any atom is 0.264 e. The van der Waals surface area contributed by atoms with Gasteiger partial charge in [0.2, 0.25) is 5.91 Å². The lowest BCUT2D eigenvalue weighted by atomic mass is 10.0. The first kappa shape index (κ1) is 18.6. The van der Waals surface area contributed by atoms with Crippen molar-refractivity contribution in [3.8, 4) is 17.0 Å². The number of fused-ring (bicyclic) bond motifs is 1. The van der Waals surface area contributed by atoms with Crippen molar-refractivity contribution >= 4 is 49.9 Å². The molecule has 1 aromatic heterocycles. The number of aromatic nitrogens is 1. The Balaban J connectivity index is 1.34. The number of aryl methyl sites for hydroxylation is 1. The Morgan fingerprint density at radius 3 is 2.86 bits per heavy atom. The molecule has 0 aliphatic carbocycles. The van der Waals surface area contributed by atoms with E-state index >= 15 is 0 Å². The number of thiazole rings is 1. The van der Waals surface area contributed by atoms with Crippen molar-refractivity contribution in [3.63, 3.8) is 0 Å². The highest BCUT2D eigenvalue weighted by molar-refractivity contribution is 9.10. The van der Waals surface area contributed by atoms with Gasteiger partial charge in [-0.25, -0.2) is 4.98 Å². The molecule has 6 nitrogen and oxygen atoms in total. The molecule has 0 fully saturated rings. The molecule has 1 aliphatic rings. The molecule has 0 unspecified atom stereocenters. The van der Waals surface area contributed by atoms with Gasteiger partial charge in [0.1, 0.15) is 5.75 Å². The Morgan fingerprint density at radius 2 is 2.04 bits per heavy atom. The van der Waals surface area contributed by atoms with Crippen LogP contribution in [0.5, 0.6) is 5.75 Å². The molecule has 8 heteroatoms. The molecule has 0 radical (unpaired) electrons. The van der Waals surface area contributed by atoms with Crippen LogP contribution in [0.2, 0.25) is 0 Å². The van der Waals surface area contributed by atoms with Gasteiger partial charge in [-0.15, -0.1) is 11.3 Å². The van der Waals surface area contributed by atoms with Crippen LogP contribution >= 0.6 is 27.3 Å². The molecule has 0 saturated heterocycles. The van der Waals surface area contributed by atoms with Gasteiger partial charge in [0.15, 0.2) is 11.7 Å². The van der Waals surface area contributed by atoms with Gasteiger partial charge in [0.05, 0.1) is 5.69 Å². The summed E-state index contributed by atoms with van der Waals surface area (Å²) >= 11 is 4.77. The third-order valence-corrected chi connectivity index (χ3v) is 5.52. The van der Waals surface area contributed by atoms with Gasteiger partial charge in [-0.2, -0.15) is 0 Å². The number of anilines is 2. The fraction of sp³-hybridized carbons (Fsp3) is 0.150. The lowest BCUT2D eigenvalue weighted by molar-refractivity contribution is -0.118. The molecular weight excluding hydrogens is 442 g/mol. The van der Waals surface area contributed by atoms with E-state index in [0.29, 0.717) is 23.7 Å². The Bertz CT molecular complexity index is 1030. The van der Waals surface area contributed by atoms with E-state index in [2.05, 4.69) is 31.5 Å². The first-order chi connectivity index (χ1) is 13.6. The lowest BCUT2D eigenvalue weighted by Crippen LogP contribution is -2.21. The van der Waals surface area contributed by atoms with E-state index in [0.717, 1.165) is 27.0 Å². The lowest BCUT2D eigenvalue weighted by Gasteiger charge is -2.17. The maximum absolute atomic E-state index is 12.2. The zero-order valence-electron chi connectivity index (χ0n) is 14.7. The standard InChI is InChI=1S/C20H16BrN3O3S/c21-14-4-1-12(2-5-14)17-11-28-20(23-17)24-19(26)10-27-15-6-7-16-13(9-15)3-8-18(25)22-16/h1-2,4-7,9,11H,3,8,10H2,(H,22,25)(H,23,24,26). The van der Waals surface area contributed by atoms with Crippen LogP contribution in [-0.2, 0) is 16.0 Å². The number of rotatable bonds is 5. The second-order valence-electron chi connectivity index (χ2n) is 6.25. The summed E-state index contributed by atoms with van der Waals surface area (Å²) in [5, 5.41) is 8.01. The molecule has 2 N–H and O–H groups in total. The summed E-state index contributed by atoms with van der Waals surface area (Å²) in [5.41, 5.74) is 3.61. The molecule has 4 rings (SSSR count). The molecular formula is C20H16BrN3O3S. The van der Waals surface area contributed by atoms with E-state index in [9.17, 15) is 9.59 Å². The molecule has 0 atom stereocenters. The predicted molar refractivity (Wildman–Crippen MR) is 113 cm³/mol. The van der Waals surface area contributed by atoms with Crippen molar-refractivity contribution < 1.29 is 14.3 Å². The molecule has 2 amide bonds. The minimum atomic E-state index is -0.275. The number of carbonyl (C=O) groups is 2. The molecule has 2 aromatic carbocycles. The SMILES string of the molecule is O=C(COc1ccc2c(c1)CCC(=O)N2)Nc1nc(-c2ccc(Br)cc2)cs1. The summed E-state index contributed by atoms with van der Waals surface area (Å²) in [4.78, 5) is 28.0. The van der Waals surface area contributed by atoms with Gasteiger partial charge in [-0.3, -0.25) is 14.9 Å². The average Bonchev–Trinajstić information content (AvgIpc) is 3.15. The first-order valence-corrected chi connectivity index (χ1v) is 10.3. The minimum absolute atomic E-state index is 0.0199. The maximum atomic E-state index is 12.2. The van der Waals surface area contributed by atoms with Crippen LogP contribution in [0.15, 0.2) is 52.3 Å². The number of hydrogen-bond donors (Lipinski definition) is 2. The molecule has 3 aromatic rings. The fourth-order valence-electron chi connectivity index (χ4n) is 2.84. The van der Waals surface area contributed by atoms with Crippen LogP contribution < -0.4 is 15.4 Å². The van der Waals surface area contributed by atoms with Gasteiger partial charge in [-0.05, 0) is 42.3 Å². The molecule has 1 aliphatic heterocycles. The Labute approximate surface area is 174 Å². The Morgan fingerprint density at radius 1 is 1.21 bits per heavy atom. The molecule has 28 heavy (non-hydrogen) atoms. The second-order valence-corrected chi connectivity index (χ2v) is 8.02. The summed E-state index contributed by atoms with van der Waals surface area (Å²) in [6.07, 6.45) is 1.13. The van der Waals surface area contributed by atoms with Crippen LogP contribution in [0, 0.1) is 0 Å². The zero-order valence-corrected chi connectivity index (χ0v) is 17.1. The Kier molecular flexibility index (Phi) is 5.40. The highest BCUT2D eigenvalue weighted by Crippen LogP contribution is 2.28. The summed E-state index contributed by atoms with van der Waals surface area (Å²) in [7, 11) is 0. The van der Waals surface area contributed by atoms with Crippen LogP contribution in [0.1, 0.15) is 12.0 Å². The normalized spacial score (nSPS) is 12.8. The quantitative estimate of drug-likeness (QED) is 0.591. The number of amides is 2. The molecule has 0 saturated carbocycles. The molecule has 142 valence electrons. The van der Waals surface area contributed by atoms with Crippen molar-refractivity contribution in [2.24, 2.45) is 0 Å². The van der Waals surface area contributed by atoms with Crippen LogP contribution in [0.3, 0.4) is 0 Å². The zero-order chi connectivity index (χ0) is 19.5. The van der Waals surface area contributed by atoms with Gasteiger partial charge < -0.3 is 10.1 Å². The van der Waals surface area contributed by atoms with Gasteiger partial charge in [0, 0.05) is 27.5 Å². The summed E-state index contributed by atoms with van der Waals surface area (Å²) in [6, 6.07) is 13.2. The van der Waals surface area contributed by atoms with Crippen molar-refractivity contribution in [2.75, 3.05) is 17.2 Å². The largest absolute Gasteiger partial charge is 0.484 e. The van der Waals surface area contributed by atoms with E-state index < -0.39 is 0 Å². The topological polar surface area (TPSA) is 80.3 Å². The number of nitrogens with one attached hydrogen (secondary N) is 2. The highest BCUT2D eigenvalue weighted by Gasteiger charge is 2.15. The monoisotopic (exact) mass is 457 g/mol. The van der Waals surface area contributed by atoms with E-state index in [1.807, 2.05) is 35.7 Å². The van der Waals surface area contributed by atoms with Crippen molar-refractivity contribution in [1.82, 2.24) is 4.98 Å². The van der Waals surface area contributed by atoms with E-state index in [4.69, 9.17) is 4.74 Å². The van der Waals surface area contributed by atoms with E-state index in [1.165, 1.54) is 11.3 Å². The van der Waals surface area contributed by atoms with E-state index in [1.54, 1.807) is 12.1 Å². The van der Waals surface area contributed by atoms with Crippen molar-refractivity contribution in [3.05, 3.63) is 57.9 Å². The van der Waals surface area contributed by atoms with Crippen LogP contribution in [-0.4, -0.2) is 23.4 Å². The number of carbonyl (C=O) groups excluding carboxylic acids is 2. The summed E-state index contributed by atoms with van der Waals surface area (Å²) in [6.45, 7) is -0.113. The van der Waals surface area contributed by atoms with Crippen molar-refractivity contribution in [2.45, 2.75) is 12.8 Å². The van der Waals surface area contributed by atoms with Gasteiger partial charge in [0.25, 0.3) is 5.91 Å². The highest BCUT2D eigenvalue weighted by atomic mass is 79.9. The smallest absolute Gasteiger partial charge is 0.264 e. The number of halogens is 1. The Hall–Kier alpha value is -2.71. The van der Waals surface area contributed by atoms with Crippen molar-refractivity contribution in [1.29, 1.82) is 0 Å². The average molecular weight is 458 g/mol. The predicted octanol–water partition coefficient (Wildman–Crippen LogP) is 4.47. The van der Waals surface area contributed by atoms with Gasteiger partial charge >= 0.3 is 0 Å². The molecule has 0 bridgehead atoms. The van der Waals surface area contributed by atoms with Crippen LogP contribution in [0.4, 0.5) is 10.8 Å². The first-order valence-electron chi connectivity index (χ1n) is 8.64. The molecule has 2 heterocycles. The van der Waals surface area contributed by atoms with E-state index in [-0.39, 0.29) is 18.4 Å². The minimum Gasteiger partial charge on any atom is -0.484 e. The second kappa shape index (κ2) is 8.12. The van der Waals surface area contributed by atoms with Gasteiger partial charge in [-0.1, -0.05) is 28.1 Å². The molecule has 0 spiro atoms. The summed E-state index contributed by atoms with van der Waals surface area (Å²) < 4.78 is 6.59. The third kappa shape index (κ3) is 4.40. The number of hydrogen-bond acceptors (Lipinski definition) is 5. The van der Waals surface area contributed by atoms with Crippen LogP contribution in [0.25, 0.3) is 11.3 Å².